The van der Waals surface area contributed by atoms with E-state index >= 15 is 0 Å². The number of aryl methyl sites for hydroxylation is 1. The van der Waals surface area contributed by atoms with Crippen LogP contribution in [-0.4, -0.2) is 38.0 Å². The largest absolute Gasteiger partial charge is 0.389 e. The molecular weight excluding hydrogens is 363 g/mol. The van der Waals surface area contributed by atoms with Crippen LogP contribution in [0.15, 0.2) is 36.9 Å². The zero-order valence-electron chi connectivity index (χ0n) is 14.5. The Kier molecular flexibility index (Phi) is 6.80. The Balaban J connectivity index is 2.10. The van der Waals surface area contributed by atoms with Gasteiger partial charge in [-0.05, 0) is 18.1 Å². The zero-order valence-corrected chi connectivity index (χ0v) is 14.5. The first-order valence-electron chi connectivity index (χ1n) is 8.16. The molecule has 0 unspecified atom stereocenters. The van der Waals surface area contributed by atoms with E-state index in [9.17, 15) is 22.8 Å². The summed E-state index contributed by atoms with van der Waals surface area (Å²) >= 11 is 0. The van der Waals surface area contributed by atoms with Crippen LogP contribution in [0.2, 0.25) is 0 Å². The highest BCUT2D eigenvalue weighted by molar-refractivity contribution is 5.93. The molecule has 0 saturated carbocycles. The molecule has 0 aliphatic heterocycles. The van der Waals surface area contributed by atoms with E-state index in [1.165, 1.54) is 30.9 Å². The van der Waals surface area contributed by atoms with Crippen molar-refractivity contribution in [3.8, 4) is 0 Å². The minimum Gasteiger partial charge on any atom is -0.273 e. The molecule has 144 valence electrons. The van der Waals surface area contributed by atoms with E-state index in [0.29, 0.717) is 11.3 Å². The van der Waals surface area contributed by atoms with Gasteiger partial charge in [-0.1, -0.05) is 13.0 Å². The summed E-state index contributed by atoms with van der Waals surface area (Å²) in [6, 6.07) is 3.03. The number of amides is 2. The maximum Gasteiger partial charge on any atom is 0.389 e. The first-order valence-corrected chi connectivity index (χ1v) is 8.16. The van der Waals surface area contributed by atoms with Gasteiger partial charge in [0.1, 0.15) is 5.69 Å². The molecule has 0 bridgehead atoms. The van der Waals surface area contributed by atoms with Crippen LogP contribution in [0.25, 0.3) is 0 Å². The maximum atomic E-state index is 12.5. The number of nitrogens with one attached hydrogen (secondary N) is 1. The lowest BCUT2D eigenvalue weighted by Crippen LogP contribution is -2.45. The fourth-order valence-electron chi connectivity index (χ4n) is 2.09. The van der Waals surface area contributed by atoms with Gasteiger partial charge in [-0.3, -0.25) is 25.0 Å². The number of alkyl halides is 3. The van der Waals surface area contributed by atoms with Crippen molar-refractivity contribution < 1.29 is 22.8 Å². The van der Waals surface area contributed by atoms with E-state index in [1.54, 1.807) is 13.0 Å². The number of carbonyl (C=O) groups is 2. The van der Waals surface area contributed by atoms with E-state index in [1.807, 2.05) is 0 Å². The Morgan fingerprint density at radius 1 is 1.15 bits per heavy atom. The summed E-state index contributed by atoms with van der Waals surface area (Å²) in [4.78, 5) is 36.0. The number of halogens is 3. The van der Waals surface area contributed by atoms with Crippen molar-refractivity contribution in [2.75, 3.05) is 0 Å². The third-order valence-electron chi connectivity index (χ3n) is 3.50. The van der Waals surface area contributed by atoms with Gasteiger partial charge >= 0.3 is 6.18 Å². The molecule has 0 fully saturated rings. The van der Waals surface area contributed by atoms with Gasteiger partial charge in [0.2, 0.25) is 5.91 Å². The van der Waals surface area contributed by atoms with Crippen LogP contribution < -0.4 is 5.43 Å². The number of hydrazine groups is 1. The molecule has 2 aromatic heterocycles. The molecule has 2 aromatic rings. The first kappa shape index (κ1) is 20.3. The highest BCUT2D eigenvalue weighted by Gasteiger charge is 2.26. The number of hydrogen-bond acceptors (Lipinski definition) is 5. The van der Waals surface area contributed by atoms with Crippen molar-refractivity contribution in [1.29, 1.82) is 0 Å². The Hall–Kier alpha value is -3.04. The molecule has 0 aliphatic rings. The fraction of sp³-hybridized carbons (Fsp3) is 0.353. The van der Waals surface area contributed by atoms with Crippen LogP contribution in [-0.2, 0) is 17.8 Å². The molecule has 0 saturated heterocycles. The highest BCUT2D eigenvalue weighted by atomic mass is 19.4. The number of nitrogens with zero attached hydrogens (tertiary/aromatic N) is 4. The molecule has 0 atom stereocenters. The van der Waals surface area contributed by atoms with Crippen LogP contribution in [0.3, 0.4) is 0 Å². The van der Waals surface area contributed by atoms with E-state index in [4.69, 9.17) is 0 Å². The summed E-state index contributed by atoms with van der Waals surface area (Å²) in [6.07, 6.45) is 0.150. The topological polar surface area (TPSA) is 88.1 Å². The molecule has 0 aliphatic carbocycles. The summed E-state index contributed by atoms with van der Waals surface area (Å²) in [6.45, 7) is 1.62. The van der Waals surface area contributed by atoms with Crippen LogP contribution in [0.4, 0.5) is 13.2 Å². The van der Waals surface area contributed by atoms with E-state index < -0.39 is 18.5 Å². The van der Waals surface area contributed by atoms with E-state index in [0.717, 1.165) is 5.01 Å². The molecule has 2 rings (SSSR count). The molecule has 7 nitrogen and oxygen atoms in total. The van der Waals surface area contributed by atoms with Crippen molar-refractivity contribution in [2.45, 2.75) is 38.9 Å². The summed E-state index contributed by atoms with van der Waals surface area (Å²) in [7, 11) is 0. The molecule has 27 heavy (non-hydrogen) atoms. The quantitative estimate of drug-likeness (QED) is 0.777. The molecule has 2 heterocycles. The predicted molar refractivity (Wildman–Crippen MR) is 89.0 cm³/mol. The molecule has 0 radical (unpaired) electrons. The average molecular weight is 381 g/mol. The van der Waals surface area contributed by atoms with Crippen molar-refractivity contribution in [1.82, 2.24) is 25.4 Å². The van der Waals surface area contributed by atoms with Gasteiger partial charge in [0.15, 0.2) is 0 Å². The lowest BCUT2D eigenvalue weighted by molar-refractivity contribution is -0.134. The minimum atomic E-state index is -4.25. The smallest absolute Gasteiger partial charge is 0.273 e. The number of hydrogen-bond donors (Lipinski definition) is 1. The van der Waals surface area contributed by atoms with Gasteiger partial charge in [-0.25, -0.2) is 9.99 Å². The third kappa shape index (κ3) is 6.65. The van der Waals surface area contributed by atoms with Gasteiger partial charge in [-0.2, -0.15) is 13.2 Å². The van der Waals surface area contributed by atoms with Crippen molar-refractivity contribution in [2.24, 2.45) is 0 Å². The van der Waals surface area contributed by atoms with Gasteiger partial charge in [-0.15, -0.1) is 0 Å². The second-order valence-electron chi connectivity index (χ2n) is 5.64. The van der Waals surface area contributed by atoms with Gasteiger partial charge in [0.25, 0.3) is 5.91 Å². The average Bonchev–Trinajstić information content (AvgIpc) is 2.66. The highest BCUT2D eigenvalue weighted by Crippen LogP contribution is 2.21. The van der Waals surface area contributed by atoms with Gasteiger partial charge in [0, 0.05) is 37.1 Å². The number of pyridine rings is 1. The second-order valence-corrected chi connectivity index (χ2v) is 5.64. The zero-order chi connectivity index (χ0) is 19.9. The van der Waals surface area contributed by atoms with Gasteiger partial charge in [0.05, 0.1) is 12.7 Å². The molecule has 0 aromatic carbocycles. The summed E-state index contributed by atoms with van der Waals surface area (Å²) < 4.78 is 36.8. The SMILES string of the molecule is CCC(=O)NN(Cc1ccc(CCC(F)(F)F)nc1)C(=O)c1cnccn1. The van der Waals surface area contributed by atoms with Gasteiger partial charge < -0.3 is 0 Å². The Morgan fingerprint density at radius 3 is 2.48 bits per heavy atom. The van der Waals surface area contributed by atoms with E-state index in [2.05, 4.69) is 20.4 Å². The fourth-order valence-corrected chi connectivity index (χ4v) is 2.09. The summed E-state index contributed by atoms with van der Waals surface area (Å²) in [5, 5.41) is 1.07. The van der Waals surface area contributed by atoms with Crippen molar-refractivity contribution in [3.63, 3.8) is 0 Å². The summed E-state index contributed by atoms with van der Waals surface area (Å²) in [5.41, 5.74) is 3.35. The van der Waals surface area contributed by atoms with Crippen LogP contribution >= 0.6 is 0 Å². The molecule has 2 amide bonds. The maximum absolute atomic E-state index is 12.5. The van der Waals surface area contributed by atoms with E-state index in [-0.39, 0.29) is 31.0 Å². The Morgan fingerprint density at radius 2 is 1.93 bits per heavy atom. The monoisotopic (exact) mass is 381 g/mol. The van der Waals surface area contributed by atoms with Crippen LogP contribution in [0.5, 0.6) is 0 Å². The second kappa shape index (κ2) is 9.06. The standard InChI is InChI=1S/C17H18F3N5O2/c1-2-15(26)24-25(16(27)14-10-21-7-8-22-14)11-12-3-4-13(23-9-12)5-6-17(18,19)20/h3-4,7-10H,2,5-6,11H2,1H3,(H,24,26). The molecule has 10 heteroatoms. The minimum absolute atomic E-state index is 0.0201. The molecule has 1 N–H and O–H groups in total. The number of aromatic nitrogens is 3. The summed E-state index contributed by atoms with van der Waals surface area (Å²) in [5.74, 6) is -0.937. The number of rotatable bonds is 6. The molecular formula is C17H18F3N5O2. The number of carbonyl (C=O) groups excluding carboxylic acids is 2. The normalized spacial score (nSPS) is 11.1. The van der Waals surface area contributed by atoms with Crippen LogP contribution in [0.1, 0.15) is 41.5 Å². The third-order valence-corrected chi connectivity index (χ3v) is 3.50. The van der Waals surface area contributed by atoms with Crippen molar-refractivity contribution >= 4 is 11.8 Å². The lowest BCUT2D eigenvalue weighted by atomic mass is 10.2. The first-order chi connectivity index (χ1) is 12.8. The molecule has 0 spiro atoms. The van der Waals surface area contributed by atoms with Crippen LogP contribution in [0, 0.1) is 0 Å². The predicted octanol–water partition coefficient (Wildman–Crippen LogP) is 2.45. The Labute approximate surface area is 153 Å². The lowest BCUT2D eigenvalue weighted by Gasteiger charge is -2.22. The van der Waals surface area contributed by atoms with Crippen molar-refractivity contribution in [3.05, 3.63) is 53.9 Å². The Bertz CT molecular complexity index is 766.